The quantitative estimate of drug-likeness (QED) is 0.495. The van der Waals surface area contributed by atoms with Crippen LogP contribution >= 0.6 is 11.9 Å². The first-order chi connectivity index (χ1) is 2.81. The van der Waals surface area contributed by atoms with Crippen LogP contribution < -0.4 is 5.14 Å². The predicted octanol–water partition coefficient (Wildman–Crippen LogP) is 0.530. The van der Waals surface area contributed by atoms with Crippen LogP contribution in [0.25, 0.3) is 0 Å². The van der Waals surface area contributed by atoms with Gasteiger partial charge < -0.3 is 0 Å². The molecule has 0 saturated heterocycles. The smallest absolute Gasteiger partial charge is 0.203 e. The fraction of sp³-hybridized carbons (Fsp3) is 0.667. The molecule has 0 unspecified atom stereocenters. The maximum absolute atomic E-state index is 10.0. The Balaban J connectivity index is 2.99. The highest BCUT2D eigenvalue weighted by Crippen LogP contribution is 1.90. The molecule has 0 rings (SSSR count). The molecule has 0 aromatic rings. The molecule has 0 aromatic carbocycles. The molecule has 0 radical (unpaired) electrons. The Morgan fingerprint density at radius 3 is 2.50 bits per heavy atom. The number of nitrogens with two attached hydrogens (primary N) is 1. The molecule has 6 heavy (non-hydrogen) atoms. The first-order valence-electron chi connectivity index (χ1n) is 1.70. The Labute approximate surface area is 41.2 Å². The van der Waals surface area contributed by atoms with Gasteiger partial charge in [-0.25, -0.2) is 0 Å². The molecule has 2 nitrogen and oxygen atoms in total. The van der Waals surface area contributed by atoms with Gasteiger partial charge in [-0.15, -0.1) is 0 Å². The molecular formula is C3H7NOS. The summed E-state index contributed by atoms with van der Waals surface area (Å²) >= 11 is 0.786. The van der Waals surface area contributed by atoms with E-state index in [1.807, 2.05) is 0 Å². The Morgan fingerprint density at radius 2 is 2.50 bits per heavy atom. The van der Waals surface area contributed by atoms with Gasteiger partial charge in [-0.1, -0.05) is 6.92 Å². The van der Waals surface area contributed by atoms with Gasteiger partial charge in [0.15, 0.2) is 0 Å². The summed E-state index contributed by atoms with van der Waals surface area (Å²) in [6.07, 6.45) is 0.529. The third kappa shape index (κ3) is 2.23. The molecular weight excluding hydrogens is 98.1 g/mol. The Morgan fingerprint density at radius 1 is 2.00 bits per heavy atom. The fourth-order valence-electron chi connectivity index (χ4n) is 0.0833. The van der Waals surface area contributed by atoms with Crippen molar-refractivity contribution in [3.63, 3.8) is 0 Å². The Kier molecular flexibility index (Phi) is 3.17. The van der Waals surface area contributed by atoms with E-state index in [0.717, 1.165) is 11.9 Å². The molecule has 0 atom stereocenters. The molecule has 0 aliphatic heterocycles. The number of carbonyl (C=O) groups is 1. The summed E-state index contributed by atoms with van der Waals surface area (Å²) in [6.45, 7) is 1.78. The highest BCUT2D eigenvalue weighted by atomic mass is 32.2. The topological polar surface area (TPSA) is 43.1 Å². The number of hydrogen-bond donors (Lipinski definition) is 1. The molecule has 2 N–H and O–H groups in total. The molecule has 0 aliphatic rings. The average Bonchev–Trinajstić information content (AvgIpc) is 1.65. The number of hydrogen-bond acceptors (Lipinski definition) is 3. The summed E-state index contributed by atoms with van der Waals surface area (Å²) in [7, 11) is 0. The van der Waals surface area contributed by atoms with Gasteiger partial charge in [-0.3, -0.25) is 9.93 Å². The largest absolute Gasteiger partial charge is 0.286 e. The van der Waals surface area contributed by atoms with Crippen LogP contribution in [0.2, 0.25) is 0 Å². The highest BCUT2D eigenvalue weighted by Gasteiger charge is 1.88. The van der Waals surface area contributed by atoms with Gasteiger partial charge in [0, 0.05) is 6.42 Å². The Bertz CT molecular complexity index is 48.8. The van der Waals surface area contributed by atoms with Gasteiger partial charge in [0.2, 0.25) is 5.12 Å². The van der Waals surface area contributed by atoms with Crippen LogP contribution in [0.5, 0.6) is 0 Å². The molecule has 3 heteroatoms. The van der Waals surface area contributed by atoms with E-state index in [1.54, 1.807) is 6.92 Å². The minimum Gasteiger partial charge on any atom is -0.286 e. The zero-order valence-corrected chi connectivity index (χ0v) is 4.42. The van der Waals surface area contributed by atoms with Crippen molar-refractivity contribution in [2.24, 2.45) is 5.14 Å². The second-order valence-corrected chi connectivity index (χ2v) is 1.53. The summed E-state index contributed by atoms with van der Waals surface area (Å²) < 4.78 is 0. The first kappa shape index (κ1) is 5.98. The van der Waals surface area contributed by atoms with Crippen molar-refractivity contribution in [3.8, 4) is 0 Å². The van der Waals surface area contributed by atoms with Crippen molar-refractivity contribution in [2.45, 2.75) is 13.3 Å². The van der Waals surface area contributed by atoms with Crippen LogP contribution in [-0.4, -0.2) is 5.12 Å². The molecule has 0 heterocycles. The summed E-state index contributed by atoms with van der Waals surface area (Å²) in [6, 6.07) is 0. The van der Waals surface area contributed by atoms with E-state index >= 15 is 0 Å². The van der Waals surface area contributed by atoms with E-state index < -0.39 is 0 Å². The third-order valence-corrected chi connectivity index (χ3v) is 0.972. The molecule has 0 aromatic heterocycles. The van der Waals surface area contributed by atoms with E-state index in [2.05, 4.69) is 0 Å². The third-order valence-electron chi connectivity index (χ3n) is 0.420. The zero-order valence-electron chi connectivity index (χ0n) is 3.60. The van der Waals surface area contributed by atoms with E-state index in [1.165, 1.54) is 0 Å². The molecule has 0 saturated carbocycles. The van der Waals surface area contributed by atoms with Crippen LogP contribution in [0, 0.1) is 0 Å². The van der Waals surface area contributed by atoms with Gasteiger partial charge in [-0.2, -0.15) is 0 Å². The van der Waals surface area contributed by atoms with Crippen molar-refractivity contribution in [2.75, 3.05) is 0 Å². The van der Waals surface area contributed by atoms with E-state index in [9.17, 15) is 4.79 Å². The SMILES string of the molecule is CCC(=O)SN. The monoisotopic (exact) mass is 105 g/mol. The van der Waals surface area contributed by atoms with Crippen molar-refractivity contribution in [1.82, 2.24) is 0 Å². The average molecular weight is 105 g/mol. The Hall–Kier alpha value is -0.0200. The van der Waals surface area contributed by atoms with Crippen LogP contribution in [-0.2, 0) is 4.79 Å². The first-order valence-corrected chi connectivity index (χ1v) is 2.58. The molecule has 0 fully saturated rings. The normalized spacial score (nSPS) is 8.33. The van der Waals surface area contributed by atoms with Crippen molar-refractivity contribution in [3.05, 3.63) is 0 Å². The van der Waals surface area contributed by atoms with Gasteiger partial charge in [0.25, 0.3) is 0 Å². The summed E-state index contributed by atoms with van der Waals surface area (Å²) in [5.41, 5.74) is 0. The molecule has 36 valence electrons. The van der Waals surface area contributed by atoms with Gasteiger partial charge in [-0.05, 0) is 11.9 Å². The maximum atomic E-state index is 10.0. The van der Waals surface area contributed by atoms with Crippen LogP contribution in [0.15, 0.2) is 0 Å². The van der Waals surface area contributed by atoms with Crippen LogP contribution in [0.1, 0.15) is 13.3 Å². The maximum Gasteiger partial charge on any atom is 0.203 e. The number of carbonyl (C=O) groups excluding carboxylic acids is 1. The van der Waals surface area contributed by atoms with Crippen molar-refractivity contribution < 1.29 is 4.79 Å². The van der Waals surface area contributed by atoms with Crippen LogP contribution in [0.4, 0.5) is 0 Å². The van der Waals surface area contributed by atoms with Crippen molar-refractivity contribution >= 4 is 17.1 Å². The lowest BCUT2D eigenvalue weighted by molar-refractivity contribution is -0.110. The number of rotatable bonds is 1. The molecule has 0 spiro atoms. The standard InChI is InChI=1S/C3H7NOS/c1-2-3(5)6-4/h2,4H2,1H3. The van der Waals surface area contributed by atoms with E-state index in [0.29, 0.717) is 6.42 Å². The highest BCUT2D eigenvalue weighted by molar-refractivity contribution is 8.11. The summed E-state index contributed by atoms with van der Waals surface area (Å²) in [5, 5.41) is 4.89. The zero-order chi connectivity index (χ0) is 4.99. The van der Waals surface area contributed by atoms with Crippen LogP contribution in [0.3, 0.4) is 0 Å². The summed E-state index contributed by atoms with van der Waals surface area (Å²) in [5.74, 6) is 0. The van der Waals surface area contributed by atoms with E-state index in [-0.39, 0.29) is 5.12 Å². The second kappa shape index (κ2) is 3.18. The molecule has 0 bridgehead atoms. The van der Waals surface area contributed by atoms with E-state index in [4.69, 9.17) is 5.14 Å². The minimum absolute atomic E-state index is 0.0370. The van der Waals surface area contributed by atoms with Gasteiger partial charge in [0.1, 0.15) is 0 Å². The van der Waals surface area contributed by atoms with Gasteiger partial charge >= 0.3 is 0 Å². The van der Waals surface area contributed by atoms with Gasteiger partial charge in [0.05, 0.1) is 0 Å². The predicted molar refractivity (Wildman–Crippen MR) is 27.1 cm³/mol. The molecule has 0 amide bonds. The second-order valence-electron chi connectivity index (χ2n) is 0.843. The minimum atomic E-state index is 0.0370. The lowest BCUT2D eigenvalue weighted by atomic mass is 10.6. The molecule has 0 aliphatic carbocycles. The van der Waals surface area contributed by atoms with Crippen molar-refractivity contribution in [1.29, 1.82) is 0 Å². The lowest BCUT2D eigenvalue weighted by Gasteiger charge is -1.80. The lowest BCUT2D eigenvalue weighted by Crippen LogP contribution is -1.90. The summed E-state index contributed by atoms with van der Waals surface area (Å²) in [4.78, 5) is 10.0. The fourth-order valence-corrected chi connectivity index (χ4v) is 0.250.